The van der Waals surface area contributed by atoms with E-state index >= 15 is 0 Å². The second-order valence-electron chi connectivity index (χ2n) is 6.02. The molecule has 0 bridgehead atoms. The Morgan fingerprint density at radius 1 is 0.583 bits per heavy atom. The normalized spacial score (nSPS) is 11.8. The summed E-state index contributed by atoms with van der Waals surface area (Å²) in [6, 6.07) is 0. The minimum Gasteiger partial charge on any atom is -0.463 e. The fraction of sp³-hybridized carbons (Fsp3) is 0.800. The molecule has 4 nitrogen and oxygen atoms in total. The molecule has 0 N–H and O–H groups in total. The molecule has 0 atom stereocenters. The van der Waals surface area contributed by atoms with Gasteiger partial charge in [0.05, 0.1) is 13.2 Å². The van der Waals surface area contributed by atoms with Crippen LogP contribution in [0.2, 0.25) is 0 Å². The first-order valence-corrected chi connectivity index (χ1v) is 9.68. The van der Waals surface area contributed by atoms with E-state index in [4.69, 9.17) is 9.47 Å². The van der Waals surface area contributed by atoms with E-state index in [1.54, 1.807) is 13.8 Å². The Morgan fingerprint density at radius 3 is 1.46 bits per heavy atom. The summed E-state index contributed by atoms with van der Waals surface area (Å²) < 4.78 is 10.3. The molecule has 0 aliphatic rings. The second-order valence-corrected chi connectivity index (χ2v) is 6.02. The van der Waals surface area contributed by atoms with Gasteiger partial charge in [-0.3, -0.25) is 0 Å². The molecule has 0 radical (unpaired) electrons. The highest BCUT2D eigenvalue weighted by Gasteiger charge is 2.22. The average molecular weight is 341 g/mol. The number of carbonyl (C=O) groups is 2. The summed E-state index contributed by atoms with van der Waals surface area (Å²) in [6.07, 6.45) is 9.89. The van der Waals surface area contributed by atoms with Crippen molar-refractivity contribution in [2.45, 2.75) is 91.9 Å². The molecule has 0 aromatic rings. The molecule has 4 heteroatoms. The standard InChI is InChI=1S/C20H36O4/c1-5-9-11-12-13-14-16-18(20(22)24-8-4)17(15-10-6-2)19(21)23-7-3/h5-16H2,1-4H3. The van der Waals surface area contributed by atoms with Crippen molar-refractivity contribution in [3.05, 3.63) is 11.1 Å². The summed E-state index contributed by atoms with van der Waals surface area (Å²) in [7, 11) is 0. The highest BCUT2D eigenvalue weighted by atomic mass is 16.5. The monoisotopic (exact) mass is 340 g/mol. The summed E-state index contributed by atoms with van der Waals surface area (Å²) in [5.74, 6) is -0.717. The largest absolute Gasteiger partial charge is 0.463 e. The summed E-state index contributed by atoms with van der Waals surface area (Å²) >= 11 is 0. The maximum Gasteiger partial charge on any atom is 0.334 e. The lowest BCUT2D eigenvalue weighted by Crippen LogP contribution is -2.17. The molecule has 0 heterocycles. The molecule has 0 unspecified atom stereocenters. The maximum atomic E-state index is 12.3. The van der Waals surface area contributed by atoms with E-state index in [2.05, 4.69) is 13.8 Å². The Labute approximate surface area is 148 Å². The minimum absolute atomic E-state index is 0.321. The number of hydrogen-bond acceptors (Lipinski definition) is 4. The molecule has 0 amide bonds. The van der Waals surface area contributed by atoms with Crippen LogP contribution in [0.1, 0.15) is 91.9 Å². The highest BCUT2D eigenvalue weighted by molar-refractivity contribution is 6.00. The number of unbranched alkanes of at least 4 members (excludes halogenated alkanes) is 6. The maximum absolute atomic E-state index is 12.3. The van der Waals surface area contributed by atoms with Gasteiger partial charge in [-0.05, 0) is 39.5 Å². The number of carbonyl (C=O) groups excluding carboxylic acids is 2. The number of ether oxygens (including phenoxy) is 2. The van der Waals surface area contributed by atoms with Crippen LogP contribution < -0.4 is 0 Å². The Kier molecular flexibility index (Phi) is 14.4. The van der Waals surface area contributed by atoms with E-state index in [1.165, 1.54) is 25.7 Å². The van der Waals surface area contributed by atoms with Crippen molar-refractivity contribution in [2.75, 3.05) is 13.2 Å². The molecule has 24 heavy (non-hydrogen) atoms. The van der Waals surface area contributed by atoms with Crippen molar-refractivity contribution in [1.29, 1.82) is 0 Å². The lowest BCUT2D eigenvalue weighted by Gasteiger charge is -2.14. The van der Waals surface area contributed by atoms with Crippen molar-refractivity contribution in [3.8, 4) is 0 Å². The predicted molar refractivity (Wildman–Crippen MR) is 97.8 cm³/mol. The zero-order chi connectivity index (χ0) is 18.2. The molecule has 0 aromatic carbocycles. The van der Waals surface area contributed by atoms with Gasteiger partial charge in [0.25, 0.3) is 0 Å². The van der Waals surface area contributed by atoms with E-state index in [0.717, 1.165) is 25.7 Å². The Morgan fingerprint density at radius 2 is 1.00 bits per heavy atom. The third-order valence-electron chi connectivity index (χ3n) is 3.97. The fourth-order valence-corrected chi connectivity index (χ4v) is 2.62. The smallest absolute Gasteiger partial charge is 0.334 e. The number of rotatable bonds is 14. The van der Waals surface area contributed by atoms with Gasteiger partial charge in [-0.1, -0.05) is 52.4 Å². The second kappa shape index (κ2) is 15.2. The van der Waals surface area contributed by atoms with Gasteiger partial charge >= 0.3 is 11.9 Å². The zero-order valence-corrected chi connectivity index (χ0v) is 16.1. The van der Waals surface area contributed by atoms with Gasteiger partial charge in [0.15, 0.2) is 0 Å². The van der Waals surface area contributed by atoms with Gasteiger partial charge in [0.1, 0.15) is 0 Å². The van der Waals surface area contributed by atoms with Crippen LogP contribution in [0.3, 0.4) is 0 Å². The molecular formula is C20H36O4. The van der Waals surface area contributed by atoms with Gasteiger partial charge in [-0.25, -0.2) is 9.59 Å². The first-order chi connectivity index (χ1) is 11.6. The molecule has 0 aliphatic heterocycles. The summed E-state index contributed by atoms with van der Waals surface area (Å²) in [5.41, 5.74) is 1.05. The van der Waals surface area contributed by atoms with Gasteiger partial charge in [0, 0.05) is 11.1 Å². The molecule has 0 rings (SSSR count). The molecule has 0 fully saturated rings. The van der Waals surface area contributed by atoms with Crippen LogP contribution in [0.25, 0.3) is 0 Å². The molecule has 0 aromatic heterocycles. The summed E-state index contributed by atoms with van der Waals surface area (Å²) in [5, 5.41) is 0. The van der Waals surface area contributed by atoms with Crippen LogP contribution in [-0.2, 0) is 19.1 Å². The summed E-state index contributed by atoms with van der Waals surface area (Å²) in [6.45, 7) is 8.48. The SMILES string of the molecule is CCCCCCCCC(C(=O)OCC)=C(CCCC)C(=O)OCC. The van der Waals surface area contributed by atoms with E-state index in [9.17, 15) is 9.59 Å². The molecule has 0 saturated heterocycles. The third kappa shape index (κ3) is 9.74. The van der Waals surface area contributed by atoms with Crippen LogP contribution in [0.15, 0.2) is 11.1 Å². The average Bonchev–Trinajstić information content (AvgIpc) is 2.56. The molecule has 0 aliphatic carbocycles. The van der Waals surface area contributed by atoms with Gasteiger partial charge in [-0.15, -0.1) is 0 Å². The number of hydrogen-bond donors (Lipinski definition) is 0. The van der Waals surface area contributed by atoms with Gasteiger partial charge in [0.2, 0.25) is 0 Å². The summed E-state index contributed by atoms with van der Waals surface area (Å²) in [4.78, 5) is 24.6. The van der Waals surface area contributed by atoms with E-state index in [0.29, 0.717) is 37.2 Å². The highest BCUT2D eigenvalue weighted by Crippen LogP contribution is 2.22. The first kappa shape index (κ1) is 22.7. The molecule has 0 spiro atoms. The van der Waals surface area contributed by atoms with Crippen molar-refractivity contribution in [3.63, 3.8) is 0 Å². The Bertz CT molecular complexity index is 385. The van der Waals surface area contributed by atoms with Crippen LogP contribution >= 0.6 is 0 Å². The van der Waals surface area contributed by atoms with Crippen molar-refractivity contribution >= 4 is 11.9 Å². The molecule has 140 valence electrons. The predicted octanol–water partition coefficient (Wildman–Crippen LogP) is 5.35. The minimum atomic E-state index is -0.361. The van der Waals surface area contributed by atoms with Gasteiger partial charge in [-0.2, -0.15) is 0 Å². The van der Waals surface area contributed by atoms with Crippen LogP contribution in [0.4, 0.5) is 0 Å². The Balaban J connectivity index is 5.03. The van der Waals surface area contributed by atoms with E-state index in [-0.39, 0.29) is 11.9 Å². The topological polar surface area (TPSA) is 52.6 Å². The van der Waals surface area contributed by atoms with Crippen LogP contribution in [0.5, 0.6) is 0 Å². The van der Waals surface area contributed by atoms with Crippen molar-refractivity contribution in [1.82, 2.24) is 0 Å². The van der Waals surface area contributed by atoms with Crippen molar-refractivity contribution < 1.29 is 19.1 Å². The fourth-order valence-electron chi connectivity index (χ4n) is 2.62. The lowest BCUT2D eigenvalue weighted by molar-refractivity contribution is -0.142. The quantitative estimate of drug-likeness (QED) is 0.243. The molecular weight excluding hydrogens is 304 g/mol. The van der Waals surface area contributed by atoms with E-state index in [1.807, 2.05) is 0 Å². The van der Waals surface area contributed by atoms with Crippen molar-refractivity contribution in [2.24, 2.45) is 0 Å². The van der Waals surface area contributed by atoms with Gasteiger partial charge < -0.3 is 9.47 Å². The van der Waals surface area contributed by atoms with E-state index < -0.39 is 0 Å². The first-order valence-electron chi connectivity index (χ1n) is 9.68. The molecule has 0 saturated carbocycles. The third-order valence-corrected chi connectivity index (χ3v) is 3.97. The van der Waals surface area contributed by atoms with Crippen LogP contribution in [-0.4, -0.2) is 25.2 Å². The number of esters is 2. The Hall–Kier alpha value is -1.32. The van der Waals surface area contributed by atoms with Crippen LogP contribution in [0, 0.1) is 0 Å². The zero-order valence-electron chi connectivity index (χ0n) is 16.1. The lowest BCUT2D eigenvalue weighted by atomic mass is 9.97.